The van der Waals surface area contributed by atoms with Crippen LogP contribution in [0.2, 0.25) is 0 Å². The molecule has 0 saturated heterocycles. The minimum absolute atomic E-state index is 0.0133. The molecule has 0 saturated carbocycles. The predicted molar refractivity (Wildman–Crippen MR) is 105 cm³/mol. The molecule has 0 bridgehead atoms. The first-order valence-electron chi connectivity index (χ1n) is 9.07. The lowest BCUT2D eigenvalue weighted by atomic mass is 9.81. The zero-order valence-corrected chi connectivity index (χ0v) is 16.1. The van der Waals surface area contributed by atoms with Gasteiger partial charge in [-0.05, 0) is 57.0 Å². The van der Waals surface area contributed by atoms with Crippen LogP contribution >= 0.6 is 0 Å². The smallest absolute Gasteiger partial charge is 0.238 e. The van der Waals surface area contributed by atoms with Gasteiger partial charge in [0.15, 0.2) is 11.6 Å². The molecule has 0 spiro atoms. The molecule has 0 heterocycles. The molecule has 4 nitrogen and oxygen atoms in total. The Bertz CT molecular complexity index is 973. The van der Waals surface area contributed by atoms with Gasteiger partial charge in [0.1, 0.15) is 11.2 Å². The van der Waals surface area contributed by atoms with Gasteiger partial charge in [-0.15, -0.1) is 0 Å². The van der Waals surface area contributed by atoms with Gasteiger partial charge < -0.3 is 5.32 Å². The van der Waals surface area contributed by atoms with Crippen LogP contribution in [0.15, 0.2) is 60.7 Å². The second kappa shape index (κ2) is 7.15. The summed E-state index contributed by atoms with van der Waals surface area (Å²) in [5, 5.41) is 2.83. The van der Waals surface area contributed by atoms with Gasteiger partial charge in [0.25, 0.3) is 0 Å². The van der Waals surface area contributed by atoms with Crippen LogP contribution in [0, 0.1) is 11.2 Å². The predicted octanol–water partition coefficient (Wildman–Crippen LogP) is 3.90. The number of allylic oxidation sites excluding steroid dienone is 1. The molecular weight excluding hydrogens is 357 g/mol. The van der Waals surface area contributed by atoms with Crippen molar-refractivity contribution in [3.05, 3.63) is 83.2 Å². The lowest BCUT2D eigenvalue weighted by Crippen LogP contribution is -2.51. The summed E-state index contributed by atoms with van der Waals surface area (Å²) in [6, 6.07) is 12.5. The van der Waals surface area contributed by atoms with Crippen LogP contribution in [0.5, 0.6) is 0 Å². The second-order valence-corrected chi connectivity index (χ2v) is 8.05. The number of hydrogen-bond donors (Lipinski definition) is 1. The number of amides is 1. The number of ketones is 2. The molecule has 1 atom stereocenters. The normalized spacial score (nSPS) is 18.9. The van der Waals surface area contributed by atoms with E-state index in [4.69, 9.17) is 0 Å². The minimum atomic E-state index is -1.58. The molecule has 3 rings (SSSR count). The van der Waals surface area contributed by atoms with Crippen LogP contribution in [0.3, 0.4) is 0 Å². The van der Waals surface area contributed by atoms with E-state index >= 15 is 0 Å². The van der Waals surface area contributed by atoms with Crippen molar-refractivity contribution < 1.29 is 18.8 Å². The van der Waals surface area contributed by atoms with Crippen molar-refractivity contribution >= 4 is 17.5 Å². The van der Waals surface area contributed by atoms with Crippen molar-refractivity contribution in [1.82, 2.24) is 5.32 Å². The van der Waals surface area contributed by atoms with E-state index in [1.165, 1.54) is 30.4 Å². The molecule has 1 aliphatic carbocycles. The molecule has 2 aromatic carbocycles. The van der Waals surface area contributed by atoms with Crippen LogP contribution in [-0.2, 0) is 11.2 Å². The zero-order chi connectivity index (χ0) is 20.5. The van der Waals surface area contributed by atoms with Crippen molar-refractivity contribution in [1.29, 1.82) is 0 Å². The summed E-state index contributed by atoms with van der Waals surface area (Å²) in [4.78, 5) is 38.8. The van der Waals surface area contributed by atoms with Crippen LogP contribution in [0.1, 0.15) is 47.1 Å². The third kappa shape index (κ3) is 3.79. The zero-order valence-electron chi connectivity index (χ0n) is 16.1. The first-order valence-corrected chi connectivity index (χ1v) is 9.07. The number of Topliss-reactive ketones (excluding diaryl/α,β-unsaturated/α-hetero) is 1. The Balaban J connectivity index is 2.02. The summed E-state index contributed by atoms with van der Waals surface area (Å²) in [7, 11) is 0. The van der Waals surface area contributed by atoms with Crippen LogP contribution in [0.25, 0.3) is 0 Å². The third-order valence-corrected chi connectivity index (χ3v) is 4.66. The fourth-order valence-corrected chi connectivity index (χ4v) is 3.31. The number of carbonyl (C=O) groups excluding carboxylic acids is 3. The van der Waals surface area contributed by atoms with Crippen LogP contribution < -0.4 is 5.32 Å². The average Bonchev–Trinajstić information content (AvgIpc) is 2.91. The molecule has 0 fully saturated rings. The highest BCUT2D eigenvalue weighted by Gasteiger charge is 2.50. The number of benzene rings is 2. The largest absolute Gasteiger partial charge is 0.350 e. The molecule has 0 radical (unpaired) electrons. The van der Waals surface area contributed by atoms with E-state index in [0.717, 1.165) is 0 Å². The van der Waals surface area contributed by atoms with Gasteiger partial charge in [-0.25, -0.2) is 4.39 Å². The number of carbonyl (C=O) groups is 3. The van der Waals surface area contributed by atoms with E-state index in [-0.39, 0.29) is 12.2 Å². The lowest BCUT2D eigenvalue weighted by Gasteiger charge is -2.29. The number of hydrogen-bond acceptors (Lipinski definition) is 3. The van der Waals surface area contributed by atoms with Gasteiger partial charge >= 0.3 is 0 Å². The standard InChI is InChI=1S/C23H22FNO3/c1-22(2,3)25-21(28)23(12-11-19(26)15-7-5-4-6-8-15)14-16-13-17(24)9-10-18(16)20(23)27/h4-13H,14H2,1-3H3,(H,25,28)/b12-11+. The number of fused-ring (bicyclic) bond motifs is 1. The summed E-state index contributed by atoms with van der Waals surface area (Å²) in [5.41, 5.74) is -0.914. The van der Waals surface area contributed by atoms with Crippen molar-refractivity contribution in [2.45, 2.75) is 32.7 Å². The lowest BCUT2D eigenvalue weighted by molar-refractivity contribution is -0.127. The first kappa shape index (κ1) is 19.7. The summed E-state index contributed by atoms with van der Waals surface area (Å²) in [5.74, 6) is -1.71. The molecule has 1 aliphatic rings. The van der Waals surface area contributed by atoms with E-state index in [1.807, 2.05) is 20.8 Å². The molecule has 1 N–H and O–H groups in total. The fraction of sp³-hybridized carbons (Fsp3) is 0.261. The average molecular weight is 379 g/mol. The van der Waals surface area contributed by atoms with E-state index in [1.54, 1.807) is 30.3 Å². The molecule has 1 unspecified atom stereocenters. The second-order valence-electron chi connectivity index (χ2n) is 8.05. The molecular formula is C23H22FNO3. The van der Waals surface area contributed by atoms with E-state index in [9.17, 15) is 18.8 Å². The Morgan fingerprint density at radius 1 is 1.11 bits per heavy atom. The Kier molecular flexibility index (Phi) is 5.02. The summed E-state index contributed by atoms with van der Waals surface area (Å²) in [6.07, 6.45) is 2.64. The molecule has 28 heavy (non-hydrogen) atoms. The monoisotopic (exact) mass is 379 g/mol. The number of nitrogens with one attached hydrogen (secondary N) is 1. The molecule has 0 aromatic heterocycles. The van der Waals surface area contributed by atoms with Crippen LogP contribution in [0.4, 0.5) is 4.39 Å². The van der Waals surface area contributed by atoms with E-state index < -0.39 is 28.5 Å². The molecule has 0 aliphatic heterocycles. The first-order chi connectivity index (χ1) is 13.1. The highest BCUT2D eigenvalue weighted by atomic mass is 19.1. The van der Waals surface area contributed by atoms with Crippen molar-refractivity contribution in [3.63, 3.8) is 0 Å². The Morgan fingerprint density at radius 2 is 1.79 bits per heavy atom. The van der Waals surface area contributed by atoms with Crippen LogP contribution in [-0.4, -0.2) is 23.0 Å². The number of halogens is 1. The highest BCUT2D eigenvalue weighted by Crippen LogP contribution is 2.39. The van der Waals surface area contributed by atoms with Gasteiger partial charge in [-0.2, -0.15) is 0 Å². The van der Waals surface area contributed by atoms with E-state index in [2.05, 4.69) is 5.32 Å². The van der Waals surface area contributed by atoms with E-state index in [0.29, 0.717) is 16.7 Å². The maximum absolute atomic E-state index is 13.7. The molecule has 144 valence electrons. The Morgan fingerprint density at radius 3 is 2.43 bits per heavy atom. The molecule has 1 amide bonds. The Labute approximate surface area is 163 Å². The van der Waals surface area contributed by atoms with Gasteiger partial charge in [0.05, 0.1) is 0 Å². The van der Waals surface area contributed by atoms with Gasteiger partial charge in [-0.1, -0.05) is 36.4 Å². The van der Waals surface area contributed by atoms with Gasteiger partial charge in [-0.3, -0.25) is 14.4 Å². The van der Waals surface area contributed by atoms with Crippen molar-refractivity contribution in [2.75, 3.05) is 0 Å². The van der Waals surface area contributed by atoms with Crippen molar-refractivity contribution in [3.8, 4) is 0 Å². The Hall–Kier alpha value is -3.08. The van der Waals surface area contributed by atoms with Crippen molar-refractivity contribution in [2.24, 2.45) is 5.41 Å². The SMILES string of the molecule is CC(C)(C)NC(=O)C1(/C=C/C(=O)c2ccccc2)Cc2cc(F)ccc2C1=O. The summed E-state index contributed by atoms with van der Waals surface area (Å²) >= 11 is 0. The maximum atomic E-state index is 13.7. The fourth-order valence-electron chi connectivity index (χ4n) is 3.31. The van der Waals surface area contributed by atoms with Gasteiger partial charge in [0, 0.05) is 16.7 Å². The minimum Gasteiger partial charge on any atom is -0.350 e. The number of rotatable bonds is 4. The highest BCUT2D eigenvalue weighted by molar-refractivity contribution is 6.19. The molecule has 2 aromatic rings. The summed E-state index contributed by atoms with van der Waals surface area (Å²) in [6.45, 7) is 5.43. The van der Waals surface area contributed by atoms with Gasteiger partial charge in [0.2, 0.25) is 5.91 Å². The quantitative estimate of drug-likeness (QED) is 0.498. The third-order valence-electron chi connectivity index (χ3n) is 4.66. The summed E-state index contributed by atoms with van der Waals surface area (Å²) < 4.78 is 13.7. The molecule has 5 heteroatoms. The topological polar surface area (TPSA) is 63.2 Å². The maximum Gasteiger partial charge on any atom is 0.238 e.